The Morgan fingerprint density at radius 3 is 2.77 bits per heavy atom. The van der Waals surface area contributed by atoms with Gasteiger partial charge in [-0.1, -0.05) is 27.6 Å². The van der Waals surface area contributed by atoms with E-state index in [0.717, 1.165) is 28.5 Å². The molecule has 0 saturated carbocycles. The largest absolute Gasteiger partial charge is 0.207 e. The summed E-state index contributed by atoms with van der Waals surface area (Å²) in [7, 11) is 0. The molecule has 1 aromatic rings. The molecule has 0 aliphatic rings. The number of hydrogen-bond donors (Lipinski definition) is 0. The van der Waals surface area contributed by atoms with Crippen LogP contribution in [0.2, 0.25) is 0 Å². The highest BCUT2D eigenvalue weighted by molar-refractivity contribution is 9.10. The third kappa shape index (κ3) is 3.31. The summed E-state index contributed by atoms with van der Waals surface area (Å²) < 4.78 is 13.5. The maximum Gasteiger partial charge on any atom is 0.124 e. The van der Waals surface area contributed by atoms with Gasteiger partial charge in [-0.3, -0.25) is 0 Å². The van der Waals surface area contributed by atoms with E-state index >= 15 is 0 Å². The molecular weight excluding hydrogens is 231 g/mol. The van der Waals surface area contributed by atoms with Crippen molar-refractivity contribution in [2.45, 2.75) is 19.8 Å². The second-order valence-electron chi connectivity index (χ2n) is 3.19. The van der Waals surface area contributed by atoms with Crippen LogP contribution in [0.5, 0.6) is 0 Å². The van der Waals surface area contributed by atoms with Gasteiger partial charge >= 0.3 is 0 Å². The summed E-state index contributed by atoms with van der Waals surface area (Å²) >= 11 is 3.33. The molecule has 1 rings (SSSR count). The molecule has 0 radical (unpaired) electrons. The zero-order chi connectivity index (χ0) is 9.84. The van der Waals surface area contributed by atoms with Crippen molar-refractivity contribution >= 4 is 15.9 Å². The molecule has 2 heteroatoms. The summed E-state index contributed by atoms with van der Waals surface area (Å²) in [6, 6.07) is 4.79. The average molecular weight is 243 g/mol. The topological polar surface area (TPSA) is 0 Å². The minimum Gasteiger partial charge on any atom is -0.207 e. The standard InChI is InChI=1S/C11H12BrF/c1-8(2)3-4-9-5-6-10(13)7-11(9)12/h5-7H,1,3-4H2,2H3. The van der Waals surface area contributed by atoms with Crippen LogP contribution in [0.3, 0.4) is 0 Å². The lowest BCUT2D eigenvalue weighted by Gasteiger charge is -2.03. The van der Waals surface area contributed by atoms with Gasteiger partial charge in [0.15, 0.2) is 0 Å². The van der Waals surface area contributed by atoms with Crippen LogP contribution in [0.25, 0.3) is 0 Å². The molecule has 0 spiro atoms. The minimum absolute atomic E-state index is 0.203. The number of halogens is 2. The van der Waals surface area contributed by atoms with E-state index in [4.69, 9.17) is 0 Å². The molecule has 0 unspecified atom stereocenters. The van der Waals surface area contributed by atoms with Crippen molar-refractivity contribution in [3.05, 3.63) is 46.2 Å². The van der Waals surface area contributed by atoms with Crippen molar-refractivity contribution in [1.82, 2.24) is 0 Å². The van der Waals surface area contributed by atoms with Gasteiger partial charge in [0.25, 0.3) is 0 Å². The number of allylic oxidation sites excluding steroid dienone is 1. The van der Waals surface area contributed by atoms with E-state index in [1.54, 1.807) is 0 Å². The fourth-order valence-electron chi connectivity index (χ4n) is 1.07. The average Bonchev–Trinajstić information content (AvgIpc) is 2.02. The molecule has 0 amide bonds. The molecule has 0 atom stereocenters. The fourth-order valence-corrected chi connectivity index (χ4v) is 1.62. The lowest BCUT2D eigenvalue weighted by molar-refractivity contribution is 0.626. The quantitative estimate of drug-likeness (QED) is 0.701. The number of aryl methyl sites for hydroxylation is 1. The molecule has 0 fully saturated rings. The SMILES string of the molecule is C=C(C)CCc1ccc(F)cc1Br. The number of hydrogen-bond acceptors (Lipinski definition) is 0. The van der Waals surface area contributed by atoms with E-state index in [1.165, 1.54) is 12.1 Å². The Morgan fingerprint density at radius 1 is 1.54 bits per heavy atom. The molecule has 0 aliphatic heterocycles. The van der Waals surface area contributed by atoms with Crippen LogP contribution in [0.1, 0.15) is 18.9 Å². The van der Waals surface area contributed by atoms with Gasteiger partial charge in [-0.25, -0.2) is 4.39 Å². The predicted octanol–water partition coefficient (Wildman–Crippen LogP) is 4.10. The van der Waals surface area contributed by atoms with Crippen molar-refractivity contribution in [1.29, 1.82) is 0 Å². The first-order chi connectivity index (χ1) is 6.09. The van der Waals surface area contributed by atoms with Gasteiger partial charge in [-0.05, 0) is 37.5 Å². The molecule has 0 N–H and O–H groups in total. The molecule has 0 nitrogen and oxygen atoms in total. The van der Waals surface area contributed by atoms with Crippen LogP contribution >= 0.6 is 15.9 Å². The van der Waals surface area contributed by atoms with Crippen LogP contribution in [-0.4, -0.2) is 0 Å². The highest BCUT2D eigenvalue weighted by Gasteiger charge is 2.00. The number of benzene rings is 1. The summed E-state index contributed by atoms with van der Waals surface area (Å²) in [5.74, 6) is -0.203. The Morgan fingerprint density at radius 2 is 2.23 bits per heavy atom. The van der Waals surface area contributed by atoms with Gasteiger partial charge in [-0.2, -0.15) is 0 Å². The second-order valence-corrected chi connectivity index (χ2v) is 4.05. The summed E-state index contributed by atoms with van der Waals surface area (Å²) in [6.07, 6.45) is 1.86. The molecule has 70 valence electrons. The molecule has 0 aliphatic carbocycles. The van der Waals surface area contributed by atoms with E-state index in [-0.39, 0.29) is 5.82 Å². The Bertz CT molecular complexity index is 318. The van der Waals surface area contributed by atoms with Gasteiger partial charge in [0.05, 0.1) is 0 Å². The summed E-state index contributed by atoms with van der Waals surface area (Å²) in [6.45, 7) is 5.83. The highest BCUT2D eigenvalue weighted by atomic mass is 79.9. The zero-order valence-electron chi connectivity index (χ0n) is 7.61. The predicted molar refractivity (Wildman–Crippen MR) is 57.2 cm³/mol. The van der Waals surface area contributed by atoms with E-state index in [2.05, 4.69) is 22.5 Å². The lowest BCUT2D eigenvalue weighted by atomic mass is 10.1. The minimum atomic E-state index is -0.203. The Hall–Kier alpha value is -0.630. The van der Waals surface area contributed by atoms with Crippen LogP contribution in [0.15, 0.2) is 34.8 Å². The van der Waals surface area contributed by atoms with Crippen molar-refractivity contribution in [3.8, 4) is 0 Å². The molecule has 0 saturated heterocycles. The molecule has 0 heterocycles. The van der Waals surface area contributed by atoms with Gasteiger partial charge in [0.2, 0.25) is 0 Å². The maximum atomic E-state index is 12.7. The van der Waals surface area contributed by atoms with Crippen molar-refractivity contribution in [3.63, 3.8) is 0 Å². The third-order valence-electron chi connectivity index (χ3n) is 1.84. The lowest BCUT2D eigenvalue weighted by Crippen LogP contribution is -1.88. The van der Waals surface area contributed by atoms with E-state index in [9.17, 15) is 4.39 Å². The number of rotatable bonds is 3. The Kier molecular flexibility index (Phi) is 3.67. The van der Waals surface area contributed by atoms with Crippen LogP contribution in [0.4, 0.5) is 4.39 Å². The van der Waals surface area contributed by atoms with Gasteiger partial charge in [0.1, 0.15) is 5.82 Å². The smallest absolute Gasteiger partial charge is 0.124 e. The van der Waals surface area contributed by atoms with E-state index < -0.39 is 0 Å². The van der Waals surface area contributed by atoms with Crippen molar-refractivity contribution in [2.75, 3.05) is 0 Å². The molecule has 0 aromatic heterocycles. The maximum absolute atomic E-state index is 12.7. The molecule has 13 heavy (non-hydrogen) atoms. The fraction of sp³-hybridized carbons (Fsp3) is 0.273. The van der Waals surface area contributed by atoms with Gasteiger partial charge in [0, 0.05) is 4.47 Å². The van der Waals surface area contributed by atoms with Crippen molar-refractivity contribution in [2.24, 2.45) is 0 Å². The molecule has 1 aromatic carbocycles. The second kappa shape index (κ2) is 4.56. The van der Waals surface area contributed by atoms with Crippen LogP contribution in [-0.2, 0) is 6.42 Å². The Labute approximate surface area is 86.6 Å². The van der Waals surface area contributed by atoms with Crippen LogP contribution < -0.4 is 0 Å². The highest BCUT2D eigenvalue weighted by Crippen LogP contribution is 2.20. The zero-order valence-corrected chi connectivity index (χ0v) is 9.20. The third-order valence-corrected chi connectivity index (χ3v) is 2.57. The first-order valence-electron chi connectivity index (χ1n) is 4.18. The Balaban J connectivity index is 2.72. The normalized spacial score (nSPS) is 10.1. The molecule has 0 bridgehead atoms. The van der Waals surface area contributed by atoms with Gasteiger partial charge < -0.3 is 0 Å². The van der Waals surface area contributed by atoms with Crippen LogP contribution in [0, 0.1) is 5.82 Å². The molecular formula is C11H12BrF. The van der Waals surface area contributed by atoms with E-state index in [1.807, 2.05) is 13.0 Å². The van der Waals surface area contributed by atoms with Crippen molar-refractivity contribution < 1.29 is 4.39 Å². The first-order valence-corrected chi connectivity index (χ1v) is 4.97. The summed E-state index contributed by atoms with van der Waals surface area (Å²) in [5.41, 5.74) is 2.28. The summed E-state index contributed by atoms with van der Waals surface area (Å²) in [4.78, 5) is 0. The summed E-state index contributed by atoms with van der Waals surface area (Å²) in [5, 5.41) is 0. The van der Waals surface area contributed by atoms with E-state index in [0.29, 0.717) is 0 Å². The first kappa shape index (κ1) is 10.5. The monoisotopic (exact) mass is 242 g/mol. The van der Waals surface area contributed by atoms with Gasteiger partial charge in [-0.15, -0.1) is 6.58 Å².